The van der Waals surface area contributed by atoms with Gasteiger partial charge in [-0.15, -0.1) is 0 Å². The summed E-state index contributed by atoms with van der Waals surface area (Å²) in [7, 11) is 0. The van der Waals surface area contributed by atoms with Crippen LogP contribution in [0, 0.1) is 0 Å². The lowest BCUT2D eigenvalue weighted by atomic mass is 10.2. The molecule has 0 spiro atoms. The lowest BCUT2D eigenvalue weighted by Gasteiger charge is -2.12. The summed E-state index contributed by atoms with van der Waals surface area (Å²) in [6.45, 7) is 0.450. The molecule has 1 aliphatic rings. The molecule has 0 saturated carbocycles. The Bertz CT molecular complexity index is 348. The second-order valence-corrected chi connectivity index (χ2v) is 3.72. The molecular weight excluding hydrogens is 210 g/mol. The summed E-state index contributed by atoms with van der Waals surface area (Å²) in [5, 5.41) is 8.90. The molecule has 0 aromatic carbocycles. The van der Waals surface area contributed by atoms with E-state index < -0.39 is 0 Å². The van der Waals surface area contributed by atoms with E-state index >= 15 is 0 Å². The number of nitrogens with zero attached hydrogens (tertiary/aromatic N) is 2. The monoisotopic (exact) mass is 225 g/mol. The molecule has 0 amide bonds. The van der Waals surface area contributed by atoms with Crippen LogP contribution in [0.5, 0.6) is 6.01 Å². The molecule has 0 aliphatic carbocycles. The minimum Gasteiger partial charge on any atom is -0.461 e. The number of aliphatic hydroxyl groups is 1. The molecule has 6 heteroatoms. The zero-order chi connectivity index (χ0) is 11.4. The van der Waals surface area contributed by atoms with Gasteiger partial charge in [-0.25, -0.2) is 4.98 Å². The maximum Gasteiger partial charge on any atom is 0.318 e. The first-order chi connectivity index (χ1) is 7.78. The third-order valence-corrected chi connectivity index (χ3v) is 2.45. The van der Waals surface area contributed by atoms with Crippen molar-refractivity contribution in [3.63, 3.8) is 0 Å². The number of rotatable bonds is 4. The van der Waals surface area contributed by atoms with Crippen LogP contribution in [0.2, 0.25) is 0 Å². The number of ether oxygens (including phenoxy) is 2. The van der Waals surface area contributed by atoms with Gasteiger partial charge in [0.15, 0.2) is 0 Å². The van der Waals surface area contributed by atoms with Crippen molar-refractivity contribution < 1.29 is 14.6 Å². The zero-order valence-corrected chi connectivity index (χ0v) is 8.87. The van der Waals surface area contributed by atoms with Crippen molar-refractivity contribution in [3.05, 3.63) is 12.3 Å². The van der Waals surface area contributed by atoms with Crippen LogP contribution < -0.4 is 10.5 Å². The highest BCUT2D eigenvalue weighted by Gasteiger charge is 2.25. The first-order valence-corrected chi connectivity index (χ1v) is 5.25. The van der Waals surface area contributed by atoms with Crippen molar-refractivity contribution in [3.8, 4) is 6.01 Å². The van der Waals surface area contributed by atoms with E-state index in [1.807, 2.05) is 0 Å². The Hall–Kier alpha value is -1.40. The second-order valence-electron chi connectivity index (χ2n) is 3.72. The Balaban J connectivity index is 1.80. The van der Waals surface area contributed by atoms with Gasteiger partial charge in [0.25, 0.3) is 0 Å². The fourth-order valence-corrected chi connectivity index (χ4v) is 1.63. The van der Waals surface area contributed by atoms with Crippen molar-refractivity contribution >= 4 is 5.82 Å². The first kappa shape index (κ1) is 11.1. The molecule has 0 radical (unpaired) electrons. The number of nitrogen functional groups attached to an aromatic ring is 1. The van der Waals surface area contributed by atoms with Gasteiger partial charge < -0.3 is 20.3 Å². The topological polar surface area (TPSA) is 90.5 Å². The van der Waals surface area contributed by atoms with E-state index in [4.69, 9.17) is 20.3 Å². The molecular formula is C10H15N3O3. The normalized spacial score (nSPS) is 24.6. The Morgan fingerprint density at radius 1 is 1.50 bits per heavy atom. The van der Waals surface area contributed by atoms with E-state index in [0.717, 1.165) is 12.8 Å². The number of aromatic nitrogens is 2. The van der Waals surface area contributed by atoms with Crippen LogP contribution in [0.1, 0.15) is 12.8 Å². The molecule has 1 aromatic heterocycles. The average molecular weight is 225 g/mol. The standard InChI is InChI=1S/C10H15N3O3/c11-9-3-4-12-10(13-9)15-6-8-2-1-7(5-14)16-8/h3-4,7-8,14H,1-2,5-6H2,(H2,11,12,13)/t7-,8+/m0/s1. The summed E-state index contributed by atoms with van der Waals surface area (Å²) in [4.78, 5) is 7.83. The first-order valence-electron chi connectivity index (χ1n) is 5.25. The molecule has 16 heavy (non-hydrogen) atoms. The highest BCUT2D eigenvalue weighted by molar-refractivity contribution is 5.26. The van der Waals surface area contributed by atoms with Crippen LogP contribution in [0.4, 0.5) is 5.82 Å². The van der Waals surface area contributed by atoms with E-state index in [2.05, 4.69) is 9.97 Å². The number of anilines is 1. The van der Waals surface area contributed by atoms with Crippen LogP contribution in [0.25, 0.3) is 0 Å². The van der Waals surface area contributed by atoms with Crippen LogP contribution in [-0.4, -0.2) is 40.5 Å². The van der Waals surface area contributed by atoms with E-state index in [1.54, 1.807) is 12.3 Å². The average Bonchev–Trinajstić information content (AvgIpc) is 2.74. The van der Waals surface area contributed by atoms with Crippen molar-refractivity contribution in [2.45, 2.75) is 25.0 Å². The summed E-state index contributed by atoms with van der Waals surface area (Å²) in [6.07, 6.45) is 3.23. The zero-order valence-electron chi connectivity index (χ0n) is 8.87. The second kappa shape index (κ2) is 5.09. The van der Waals surface area contributed by atoms with Gasteiger partial charge in [-0.1, -0.05) is 0 Å². The van der Waals surface area contributed by atoms with E-state index in [1.165, 1.54) is 0 Å². The summed E-state index contributed by atoms with van der Waals surface area (Å²) >= 11 is 0. The molecule has 2 rings (SSSR count). The Kier molecular flexibility index (Phi) is 3.53. The van der Waals surface area contributed by atoms with Crippen molar-refractivity contribution in [2.24, 2.45) is 0 Å². The lowest BCUT2D eigenvalue weighted by Crippen LogP contribution is -2.21. The highest BCUT2D eigenvalue weighted by Crippen LogP contribution is 2.19. The minimum absolute atomic E-state index is 0.00202. The number of nitrogens with two attached hydrogens (primary N) is 1. The molecule has 6 nitrogen and oxygen atoms in total. The molecule has 1 fully saturated rings. The Morgan fingerprint density at radius 3 is 3.00 bits per heavy atom. The van der Waals surface area contributed by atoms with E-state index in [0.29, 0.717) is 12.4 Å². The quantitative estimate of drug-likeness (QED) is 0.748. The molecule has 0 unspecified atom stereocenters. The number of hydrogen-bond donors (Lipinski definition) is 2. The summed E-state index contributed by atoms with van der Waals surface area (Å²) in [6, 6.07) is 1.86. The van der Waals surface area contributed by atoms with E-state index in [-0.39, 0.29) is 24.8 Å². The maximum absolute atomic E-state index is 8.90. The molecule has 2 atom stereocenters. The van der Waals surface area contributed by atoms with Gasteiger partial charge in [-0.3, -0.25) is 0 Å². The minimum atomic E-state index is -0.0599. The predicted octanol–water partition coefficient (Wildman–Crippen LogP) is -0.0225. The number of aliphatic hydroxyl groups excluding tert-OH is 1. The largest absolute Gasteiger partial charge is 0.461 e. The molecule has 3 N–H and O–H groups in total. The van der Waals surface area contributed by atoms with E-state index in [9.17, 15) is 0 Å². The predicted molar refractivity (Wildman–Crippen MR) is 56.9 cm³/mol. The number of hydrogen-bond acceptors (Lipinski definition) is 6. The van der Waals surface area contributed by atoms with Gasteiger partial charge in [-0.2, -0.15) is 4.98 Å². The Labute approximate surface area is 93.4 Å². The maximum atomic E-state index is 8.90. The fourth-order valence-electron chi connectivity index (χ4n) is 1.63. The van der Waals surface area contributed by atoms with Gasteiger partial charge >= 0.3 is 6.01 Å². The summed E-state index contributed by atoms with van der Waals surface area (Å²) in [5.74, 6) is 0.380. The molecule has 1 saturated heterocycles. The molecule has 0 bridgehead atoms. The SMILES string of the molecule is Nc1ccnc(OC[C@H]2CC[C@@H](CO)O2)n1. The van der Waals surface area contributed by atoms with Gasteiger partial charge in [0.05, 0.1) is 18.8 Å². The third kappa shape index (κ3) is 2.80. The highest BCUT2D eigenvalue weighted by atomic mass is 16.6. The van der Waals surface area contributed by atoms with Crippen LogP contribution in [0.3, 0.4) is 0 Å². The van der Waals surface area contributed by atoms with Gasteiger partial charge in [0.2, 0.25) is 0 Å². The van der Waals surface area contributed by atoms with Crippen molar-refractivity contribution in [2.75, 3.05) is 18.9 Å². The molecule has 1 aliphatic heterocycles. The molecule has 88 valence electrons. The molecule has 2 heterocycles. The lowest BCUT2D eigenvalue weighted by molar-refractivity contribution is -0.00859. The molecule has 1 aromatic rings. The summed E-state index contributed by atoms with van der Waals surface area (Å²) in [5.41, 5.74) is 5.49. The van der Waals surface area contributed by atoms with Gasteiger partial charge in [-0.05, 0) is 18.9 Å². The van der Waals surface area contributed by atoms with Crippen molar-refractivity contribution in [1.29, 1.82) is 0 Å². The summed E-state index contributed by atoms with van der Waals surface area (Å²) < 4.78 is 10.9. The van der Waals surface area contributed by atoms with Crippen LogP contribution in [0.15, 0.2) is 12.3 Å². The van der Waals surface area contributed by atoms with Gasteiger partial charge in [0.1, 0.15) is 12.4 Å². The van der Waals surface area contributed by atoms with Crippen LogP contribution in [-0.2, 0) is 4.74 Å². The third-order valence-electron chi connectivity index (χ3n) is 2.45. The Morgan fingerprint density at radius 2 is 2.31 bits per heavy atom. The van der Waals surface area contributed by atoms with Gasteiger partial charge in [0, 0.05) is 6.20 Å². The van der Waals surface area contributed by atoms with Crippen LogP contribution >= 0.6 is 0 Å². The fraction of sp³-hybridized carbons (Fsp3) is 0.600. The smallest absolute Gasteiger partial charge is 0.318 e. The van der Waals surface area contributed by atoms with Crippen molar-refractivity contribution in [1.82, 2.24) is 9.97 Å².